The summed E-state index contributed by atoms with van der Waals surface area (Å²) in [5.41, 5.74) is 3.79. The molecule has 72 heavy (non-hydrogen) atoms. The van der Waals surface area contributed by atoms with Gasteiger partial charge in [-0.3, -0.25) is 0 Å². The predicted molar refractivity (Wildman–Crippen MR) is 258 cm³/mol. The van der Waals surface area contributed by atoms with Gasteiger partial charge in [0.15, 0.2) is 34.9 Å². The summed E-state index contributed by atoms with van der Waals surface area (Å²) in [6.45, 7) is 16.9. The molecular weight excluding hydrogens is 1000 g/mol. The highest BCUT2D eigenvalue weighted by atomic mass is 35.5. The first-order valence-corrected chi connectivity index (χ1v) is 22.4. The molecule has 7 N–H and O–H groups in total. The molecule has 0 radical (unpaired) electrons. The van der Waals surface area contributed by atoms with E-state index in [1.807, 2.05) is 0 Å². The molecule has 0 saturated carbocycles. The zero-order chi connectivity index (χ0) is 52.5. The Balaban J connectivity index is 0.000000219. The quantitative estimate of drug-likeness (QED) is 0.0475. The van der Waals surface area contributed by atoms with Crippen LogP contribution in [0.2, 0.25) is 5.28 Å². The molecule has 0 amide bonds. The van der Waals surface area contributed by atoms with Crippen LogP contribution >= 0.6 is 24.0 Å². The fourth-order valence-electron chi connectivity index (χ4n) is 9.22. The molecule has 2 aliphatic rings. The molecule has 4 aromatic heterocycles. The maximum atomic E-state index is 14.6. The van der Waals surface area contributed by atoms with Crippen molar-refractivity contribution in [3.05, 3.63) is 76.8 Å². The molecule has 2 aromatic carbocycles. The lowest BCUT2D eigenvalue weighted by molar-refractivity contribution is -0.138. The number of benzene rings is 2. The number of alkyl halides is 6. The largest absolute Gasteiger partial charge is 0.416 e. The number of nitrogens with one attached hydrogen (secondary N) is 5. The van der Waals surface area contributed by atoms with Gasteiger partial charge in [0.05, 0.1) is 23.5 Å². The maximum absolute atomic E-state index is 14.6. The standard InChI is InChI=1S/C22H27F4N9.C13H20ClFN4.C9H8F3N5.ClH/c1-20(2)9-15(10-21(3,4)32-20)28-17-16(23)11-27-19(30-17)29-14-7-12(18-31-33-34-35(18)5)6-13(8-14)22(24,25)26;1-12(2)5-8(6-13(3,4)19-12)17-10-9(15)7-16-11(14)18-10;1-17-8(14-15-16-17)5-2-6(9(10,11)12)4-7(13)3-5;/h6-8,11,15,32H,9-10H2,1-5H3,(H2,27,28,29,30);7-8,19H,5-6H2,1-4H3,(H,16,17,18);2-4H,13H2,1H3;1H. The van der Waals surface area contributed by atoms with E-state index in [-0.39, 0.29) is 104 Å². The number of piperidine rings is 2. The second kappa shape index (κ2) is 21.5. The summed E-state index contributed by atoms with van der Waals surface area (Å²) in [5, 5.41) is 37.7. The third-order valence-electron chi connectivity index (χ3n) is 11.1. The van der Waals surface area contributed by atoms with Gasteiger partial charge in [0.25, 0.3) is 0 Å². The number of aryl methyl sites for hydroxylation is 2. The first-order valence-electron chi connectivity index (χ1n) is 22.0. The number of tetrazole rings is 2. The van der Waals surface area contributed by atoms with E-state index in [2.05, 4.69) is 133 Å². The first-order chi connectivity index (χ1) is 32.8. The lowest BCUT2D eigenvalue weighted by atomic mass is 9.79. The number of halogens is 10. The Bertz CT molecular complexity index is 2780. The number of aromatic nitrogens is 12. The fraction of sp³-hybridized carbons (Fsp3) is 0.500. The van der Waals surface area contributed by atoms with Gasteiger partial charge >= 0.3 is 12.4 Å². The Morgan fingerprint density at radius 1 is 0.625 bits per heavy atom. The van der Waals surface area contributed by atoms with Crippen LogP contribution in [0.15, 0.2) is 48.8 Å². The molecule has 0 bridgehead atoms. The number of nitrogens with two attached hydrogens (primary N) is 1. The average Bonchev–Trinajstić information content (AvgIpc) is 3.85. The van der Waals surface area contributed by atoms with E-state index in [0.29, 0.717) is 0 Å². The van der Waals surface area contributed by atoms with Crippen molar-refractivity contribution < 1.29 is 35.1 Å². The Labute approximate surface area is 420 Å². The summed E-state index contributed by atoms with van der Waals surface area (Å²) >= 11 is 5.71. The average molecular weight is 1060 g/mol. The number of anilines is 5. The molecular formula is C44H56Cl2F8N18. The van der Waals surface area contributed by atoms with E-state index in [1.165, 1.54) is 35.6 Å². The SMILES string of the molecule is CC1(C)CC(Nc2nc(Cl)ncc2F)CC(C)(C)N1.Cl.Cn1nnnc1-c1cc(N)cc(C(F)(F)F)c1.Cn1nnnc1-c1cc(Nc2ncc(F)c(NC3CC(C)(C)NC(C)(C)C3)n2)cc(C(F)(F)F)c1. The van der Waals surface area contributed by atoms with Crippen LogP contribution < -0.4 is 32.3 Å². The highest BCUT2D eigenvalue weighted by Crippen LogP contribution is 2.37. The summed E-state index contributed by atoms with van der Waals surface area (Å²) < 4.78 is 109. The molecule has 8 rings (SSSR count). The fourth-order valence-corrected chi connectivity index (χ4v) is 9.36. The molecule has 0 unspecified atom stereocenters. The summed E-state index contributed by atoms with van der Waals surface area (Å²) in [7, 11) is 3.05. The summed E-state index contributed by atoms with van der Waals surface area (Å²) in [4.78, 5) is 15.6. The van der Waals surface area contributed by atoms with E-state index >= 15 is 0 Å². The van der Waals surface area contributed by atoms with E-state index in [1.54, 1.807) is 0 Å². The van der Waals surface area contributed by atoms with E-state index in [4.69, 9.17) is 17.3 Å². The molecule has 2 aliphatic heterocycles. The van der Waals surface area contributed by atoms with Crippen molar-refractivity contribution >= 4 is 53.0 Å². The van der Waals surface area contributed by atoms with Gasteiger partial charge < -0.3 is 32.3 Å². The van der Waals surface area contributed by atoms with Crippen LogP contribution in [0.3, 0.4) is 0 Å². The van der Waals surface area contributed by atoms with Crippen LogP contribution in [-0.4, -0.2) is 94.6 Å². The molecule has 2 saturated heterocycles. The maximum Gasteiger partial charge on any atom is 0.416 e. The number of hydrogen-bond acceptors (Lipinski definition) is 16. The van der Waals surface area contributed by atoms with Gasteiger partial charge in [-0.15, -0.1) is 22.6 Å². The van der Waals surface area contributed by atoms with E-state index < -0.39 is 35.1 Å². The Morgan fingerprint density at radius 2 is 1.04 bits per heavy atom. The second-order valence-electron chi connectivity index (χ2n) is 20.0. The van der Waals surface area contributed by atoms with Crippen molar-refractivity contribution in [2.45, 2.75) is 128 Å². The topological polar surface area (TPSA) is 225 Å². The number of nitrogens with zero attached hydrogens (tertiary/aromatic N) is 12. The smallest absolute Gasteiger partial charge is 0.399 e. The van der Waals surface area contributed by atoms with Crippen LogP contribution in [0.4, 0.5) is 64.1 Å². The van der Waals surface area contributed by atoms with Gasteiger partial charge in [0.1, 0.15) is 0 Å². The lowest BCUT2D eigenvalue weighted by Crippen LogP contribution is -2.60. The third kappa shape index (κ3) is 15.4. The Kier molecular flexibility index (Phi) is 17.0. The molecule has 28 heteroatoms. The minimum atomic E-state index is -4.61. The minimum absolute atomic E-state index is 0. The van der Waals surface area contributed by atoms with Crippen molar-refractivity contribution in [3.8, 4) is 22.8 Å². The van der Waals surface area contributed by atoms with Crippen LogP contribution in [0, 0.1) is 11.6 Å². The Hall–Kier alpha value is -6.12. The van der Waals surface area contributed by atoms with Crippen molar-refractivity contribution in [3.63, 3.8) is 0 Å². The molecule has 6 aromatic rings. The lowest BCUT2D eigenvalue weighted by Gasteiger charge is -2.46. The van der Waals surface area contributed by atoms with E-state index in [9.17, 15) is 35.1 Å². The molecule has 18 nitrogen and oxygen atoms in total. The van der Waals surface area contributed by atoms with Crippen LogP contribution in [0.5, 0.6) is 0 Å². The summed E-state index contributed by atoms with van der Waals surface area (Å²) in [6, 6.07) is 6.62. The van der Waals surface area contributed by atoms with Gasteiger partial charge in [-0.05, 0) is 150 Å². The number of nitrogen functional groups attached to an aromatic ring is 1. The van der Waals surface area contributed by atoms with Crippen LogP contribution in [0.1, 0.15) is 92.2 Å². The van der Waals surface area contributed by atoms with Crippen molar-refractivity contribution in [2.24, 2.45) is 14.1 Å². The van der Waals surface area contributed by atoms with Crippen molar-refractivity contribution in [2.75, 3.05) is 21.7 Å². The normalized spacial score (nSPS) is 17.3. The molecule has 392 valence electrons. The van der Waals surface area contributed by atoms with Crippen molar-refractivity contribution in [1.29, 1.82) is 0 Å². The van der Waals surface area contributed by atoms with Gasteiger partial charge in [-0.2, -0.15) is 36.3 Å². The van der Waals surface area contributed by atoms with Gasteiger partial charge in [-0.25, -0.2) is 28.1 Å². The molecule has 0 atom stereocenters. The van der Waals surface area contributed by atoms with Gasteiger partial charge in [-0.1, -0.05) is 0 Å². The predicted octanol–water partition coefficient (Wildman–Crippen LogP) is 9.18. The highest BCUT2D eigenvalue weighted by Gasteiger charge is 2.40. The second-order valence-corrected chi connectivity index (χ2v) is 20.4. The van der Waals surface area contributed by atoms with Crippen LogP contribution in [0.25, 0.3) is 22.8 Å². The summed E-state index contributed by atoms with van der Waals surface area (Å²) in [5.74, 6) is -0.648. The molecule has 6 heterocycles. The zero-order valence-corrected chi connectivity index (χ0v) is 42.4. The van der Waals surface area contributed by atoms with Crippen molar-refractivity contribution in [1.82, 2.24) is 71.0 Å². The summed E-state index contributed by atoms with van der Waals surface area (Å²) in [6.07, 6.45) is -3.75. The zero-order valence-electron chi connectivity index (χ0n) is 40.9. The van der Waals surface area contributed by atoms with Gasteiger partial charge in [0.2, 0.25) is 11.2 Å². The Morgan fingerprint density at radius 3 is 1.47 bits per heavy atom. The first kappa shape index (κ1) is 56.8. The highest BCUT2D eigenvalue weighted by molar-refractivity contribution is 6.28. The molecule has 0 spiro atoms. The molecule has 0 aliphatic carbocycles. The van der Waals surface area contributed by atoms with Gasteiger partial charge in [0, 0.05) is 70.8 Å². The third-order valence-corrected chi connectivity index (χ3v) is 11.3. The monoisotopic (exact) mass is 1060 g/mol. The number of hydrogen-bond donors (Lipinski definition) is 6. The minimum Gasteiger partial charge on any atom is -0.399 e. The number of rotatable bonds is 8. The molecule has 2 fully saturated rings. The van der Waals surface area contributed by atoms with Crippen LogP contribution in [-0.2, 0) is 26.4 Å². The van der Waals surface area contributed by atoms with E-state index in [0.717, 1.165) is 62.3 Å².